The minimum atomic E-state index is -4.44. The van der Waals surface area contributed by atoms with E-state index in [0.717, 1.165) is 0 Å². The van der Waals surface area contributed by atoms with E-state index in [1.807, 2.05) is 0 Å². The largest absolute Gasteiger partial charge is 0.382 e. The summed E-state index contributed by atoms with van der Waals surface area (Å²) in [7, 11) is -4.44. The van der Waals surface area contributed by atoms with Gasteiger partial charge >= 0.3 is 16.3 Å². The predicted molar refractivity (Wildman–Crippen MR) is 74.8 cm³/mol. The van der Waals surface area contributed by atoms with Gasteiger partial charge in [0.05, 0.1) is 5.56 Å². The first-order valence-electron chi connectivity index (χ1n) is 5.84. The molecule has 6 nitrogen and oxygen atoms in total. The highest BCUT2D eigenvalue weighted by Gasteiger charge is 2.21. The van der Waals surface area contributed by atoms with Gasteiger partial charge in [-0.15, -0.1) is 0 Å². The van der Waals surface area contributed by atoms with E-state index in [0.29, 0.717) is 5.56 Å². The van der Waals surface area contributed by atoms with Gasteiger partial charge in [0.2, 0.25) is 0 Å². The Morgan fingerprint density at radius 1 is 0.857 bits per heavy atom. The van der Waals surface area contributed by atoms with Crippen LogP contribution in [0.1, 0.15) is 26.3 Å². The molecule has 2 rings (SSSR count). The third kappa shape index (κ3) is 3.74. The number of carbonyl (C=O) groups is 2. The molecule has 0 spiro atoms. The van der Waals surface area contributed by atoms with Gasteiger partial charge in [0.15, 0.2) is 5.78 Å². The molecule has 0 aliphatic rings. The van der Waals surface area contributed by atoms with Gasteiger partial charge in [0, 0.05) is 11.1 Å². The summed E-state index contributed by atoms with van der Waals surface area (Å²) in [6, 6.07) is 14.0. The standard InChI is InChI=1S/C14H11NO5S/c15-21(18,19)20-14(17)12-9-5-4-8-11(12)13(16)10-6-2-1-3-7-10/h1-9H,(H2,15,18,19). The molecule has 2 N–H and O–H groups in total. The van der Waals surface area contributed by atoms with Gasteiger partial charge in [-0.05, 0) is 6.07 Å². The lowest BCUT2D eigenvalue weighted by atomic mass is 9.98. The smallest absolute Gasteiger partial charge is 0.330 e. The van der Waals surface area contributed by atoms with Gasteiger partial charge in [-0.1, -0.05) is 48.5 Å². The van der Waals surface area contributed by atoms with E-state index in [9.17, 15) is 18.0 Å². The minimum absolute atomic E-state index is 0.0392. The van der Waals surface area contributed by atoms with Crippen LogP contribution >= 0.6 is 0 Å². The molecule has 21 heavy (non-hydrogen) atoms. The van der Waals surface area contributed by atoms with Gasteiger partial charge in [0.25, 0.3) is 0 Å². The van der Waals surface area contributed by atoms with Crippen LogP contribution in [-0.2, 0) is 14.5 Å². The van der Waals surface area contributed by atoms with Crippen molar-refractivity contribution in [2.75, 3.05) is 0 Å². The fraction of sp³-hybridized carbons (Fsp3) is 0. The van der Waals surface area contributed by atoms with Crippen molar-refractivity contribution in [2.45, 2.75) is 0 Å². The normalized spacial score (nSPS) is 10.9. The average molecular weight is 305 g/mol. The molecule has 0 radical (unpaired) electrons. The quantitative estimate of drug-likeness (QED) is 0.857. The van der Waals surface area contributed by atoms with E-state index in [-0.39, 0.29) is 11.1 Å². The number of nitrogens with two attached hydrogens (primary N) is 1. The Hall–Kier alpha value is -2.51. The monoisotopic (exact) mass is 305 g/mol. The Bertz CT molecular complexity index is 784. The topological polar surface area (TPSA) is 104 Å². The van der Waals surface area contributed by atoms with Crippen LogP contribution in [0.5, 0.6) is 0 Å². The Balaban J connectivity index is 2.42. The van der Waals surface area contributed by atoms with Crippen molar-refractivity contribution in [1.29, 1.82) is 0 Å². The number of carbonyl (C=O) groups excluding carboxylic acids is 2. The Morgan fingerprint density at radius 2 is 1.38 bits per heavy atom. The maximum Gasteiger partial charge on any atom is 0.382 e. The number of ketones is 1. The molecule has 0 aliphatic carbocycles. The van der Waals surface area contributed by atoms with E-state index >= 15 is 0 Å². The molecule has 7 heteroatoms. The van der Waals surface area contributed by atoms with E-state index in [4.69, 9.17) is 0 Å². The summed E-state index contributed by atoms with van der Waals surface area (Å²) in [6.45, 7) is 0. The molecular formula is C14H11NO5S. The van der Waals surface area contributed by atoms with Crippen molar-refractivity contribution in [3.05, 3.63) is 71.3 Å². The van der Waals surface area contributed by atoms with Crippen molar-refractivity contribution in [1.82, 2.24) is 0 Å². The van der Waals surface area contributed by atoms with Crippen molar-refractivity contribution in [2.24, 2.45) is 5.14 Å². The maximum absolute atomic E-state index is 12.3. The molecule has 0 atom stereocenters. The first kappa shape index (κ1) is 14.9. The second kappa shape index (κ2) is 5.86. The summed E-state index contributed by atoms with van der Waals surface area (Å²) in [5.74, 6) is -1.62. The lowest BCUT2D eigenvalue weighted by Crippen LogP contribution is -2.22. The molecule has 0 saturated heterocycles. The molecule has 2 aromatic rings. The SMILES string of the molecule is NS(=O)(=O)OC(=O)c1ccccc1C(=O)c1ccccc1. The third-order valence-electron chi connectivity index (χ3n) is 2.62. The van der Waals surface area contributed by atoms with Crippen LogP contribution < -0.4 is 5.14 Å². The van der Waals surface area contributed by atoms with E-state index in [1.54, 1.807) is 36.4 Å². The summed E-state index contributed by atoms with van der Waals surface area (Å²) >= 11 is 0. The molecule has 2 aromatic carbocycles. The molecule has 0 fully saturated rings. The first-order chi connectivity index (χ1) is 9.88. The number of benzene rings is 2. The molecular weight excluding hydrogens is 294 g/mol. The fourth-order valence-electron chi connectivity index (χ4n) is 1.75. The van der Waals surface area contributed by atoms with Gasteiger partial charge in [-0.2, -0.15) is 13.6 Å². The van der Waals surface area contributed by atoms with Crippen molar-refractivity contribution in [3.63, 3.8) is 0 Å². The molecule has 0 unspecified atom stereocenters. The van der Waals surface area contributed by atoms with E-state index in [1.165, 1.54) is 18.2 Å². The van der Waals surface area contributed by atoms with Crippen molar-refractivity contribution in [3.8, 4) is 0 Å². The van der Waals surface area contributed by atoms with Crippen LogP contribution in [0, 0.1) is 0 Å². The summed E-state index contributed by atoms with van der Waals surface area (Å²) in [4.78, 5) is 24.1. The number of hydrogen-bond acceptors (Lipinski definition) is 5. The van der Waals surface area contributed by atoms with Gasteiger partial charge < -0.3 is 4.18 Å². The van der Waals surface area contributed by atoms with Crippen LogP contribution in [-0.4, -0.2) is 20.2 Å². The van der Waals surface area contributed by atoms with Crippen LogP contribution in [0.3, 0.4) is 0 Å². The summed E-state index contributed by atoms with van der Waals surface area (Å²) in [6.07, 6.45) is 0. The van der Waals surface area contributed by atoms with Crippen LogP contribution in [0.2, 0.25) is 0 Å². The number of rotatable bonds is 4. The predicted octanol–water partition coefficient (Wildman–Crippen LogP) is 1.28. The van der Waals surface area contributed by atoms with Crippen LogP contribution in [0.4, 0.5) is 0 Å². The third-order valence-corrected chi connectivity index (χ3v) is 3.00. The lowest BCUT2D eigenvalue weighted by molar-refractivity contribution is 0.0742. The van der Waals surface area contributed by atoms with Crippen molar-refractivity contribution < 1.29 is 22.2 Å². The molecule has 108 valence electrons. The molecule has 0 saturated carbocycles. The summed E-state index contributed by atoms with van der Waals surface area (Å²) in [5, 5.41) is 4.66. The summed E-state index contributed by atoms with van der Waals surface area (Å²) < 4.78 is 25.7. The Labute approximate surface area is 121 Å². The van der Waals surface area contributed by atoms with Gasteiger partial charge in [-0.3, -0.25) is 4.79 Å². The Kier molecular flexibility index (Phi) is 4.15. The van der Waals surface area contributed by atoms with Crippen LogP contribution in [0.25, 0.3) is 0 Å². The molecule has 0 amide bonds. The second-order valence-electron chi connectivity index (χ2n) is 4.10. The summed E-state index contributed by atoms with van der Waals surface area (Å²) in [5.41, 5.74) is 0.242. The maximum atomic E-state index is 12.3. The van der Waals surface area contributed by atoms with E-state index < -0.39 is 22.1 Å². The zero-order valence-electron chi connectivity index (χ0n) is 10.7. The van der Waals surface area contributed by atoms with Crippen LogP contribution in [0.15, 0.2) is 54.6 Å². The van der Waals surface area contributed by atoms with Crippen molar-refractivity contribution >= 4 is 22.1 Å². The lowest BCUT2D eigenvalue weighted by Gasteiger charge is -2.07. The highest BCUT2D eigenvalue weighted by Crippen LogP contribution is 2.16. The van der Waals surface area contributed by atoms with Gasteiger partial charge in [-0.25, -0.2) is 4.79 Å². The highest BCUT2D eigenvalue weighted by atomic mass is 32.2. The van der Waals surface area contributed by atoms with E-state index in [2.05, 4.69) is 9.32 Å². The zero-order valence-corrected chi connectivity index (χ0v) is 11.5. The molecule has 0 heterocycles. The average Bonchev–Trinajstić information content (AvgIpc) is 2.45. The fourth-order valence-corrected chi connectivity index (χ4v) is 2.06. The second-order valence-corrected chi connectivity index (χ2v) is 5.26. The Morgan fingerprint density at radius 3 is 1.95 bits per heavy atom. The molecule has 0 aromatic heterocycles. The minimum Gasteiger partial charge on any atom is -0.330 e. The molecule has 0 bridgehead atoms. The van der Waals surface area contributed by atoms with Gasteiger partial charge in [0.1, 0.15) is 0 Å². The number of hydrogen-bond donors (Lipinski definition) is 1. The first-order valence-corrected chi connectivity index (χ1v) is 7.31. The highest BCUT2D eigenvalue weighted by molar-refractivity contribution is 7.84. The molecule has 0 aliphatic heterocycles. The zero-order chi connectivity index (χ0) is 15.5.